The minimum atomic E-state index is -3.84. The highest BCUT2D eigenvalue weighted by atomic mass is 32.2. The lowest BCUT2D eigenvalue weighted by molar-refractivity contribution is -0.131. The minimum absolute atomic E-state index is 0.0179. The molecule has 1 aliphatic carbocycles. The zero-order valence-electron chi connectivity index (χ0n) is 19.8. The molecule has 0 spiro atoms. The molecular formula is C24H32N2O7S. The Balaban J connectivity index is 1.66. The summed E-state index contributed by atoms with van der Waals surface area (Å²) in [5.74, 6) is -0.0884. The van der Waals surface area contributed by atoms with Crippen LogP contribution in [0.25, 0.3) is 11.1 Å². The van der Waals surface area contributed by atoms with Crippen molar-refractivity contribution < 1.29 is 28.3 Å². The number of rotatable bonds is 9. The minimum Gasteiger partial charge on any atom is -0.490 e. The summed E-state index contributed by atoms with van der Waals surface area (Å²) in [4.78, 5) is 24.6. The van der Waals surface area contributed by atoms with Gasteiger partial charge in [0, 0.05) is 25.1 Å². The highest BCUT2D eigenvalue weighted by Crippen LogP contribution is 2.38. The normalized spacial score (nSPS) is 20.2. The molecule has 3 rings (SSSR count). The van der Waals surface area contributed by atoms with Crippen LogP contribution in [-0.2, 0) is 21.2 Å². The molecule has 1 atom stereocenters. The monoisotopic (exact) mass is 492 g/mol. The van der Waals surface area contributed by atoms with Gasteiger partial charge in [0.05, 0.1) is 11.7 Å². The van der Waals surface area contributed by atoms with Crippen LogP contribution in [0.2, 0.25) is 0 Å². The van der Waals surface area contributed by atoms with Crippen LogP contribution in [0.3, 0.4) is 0 Å². The molecule has 186 valence electrons. The molecule has 3 N–H and O–H groups in total. The van der Waals surface area contributed by atoms with Crippen LogP contribution in [0.4, 0.5) is 0 Å². The van der Waals surface area contributed by atoms with E-state index in [1.807, 2.05) is 38.1 Å². The maximum atomic E-state index is 12.6. The van der Waals surface area contributed by atoms with Gasteiger partial charge >= 0.3 is 0 Å². The van der Waals surface area contributed by atoms with Crippen molar-refractivity contribution in [2.45, 2.75) is 63.0 Å². The Labute approximate surface area is 199 Å². The highest BCUT2D eigenvalue weighted by Gasteiger charge is 2.43. The molecular weight excluding hydrogens is 460 g/mol. The molecule has 1 heterocycles. The molecule has 34 heavy (non-hydrogen) atoms. The number of carbonyl (C=O) groups excluding carboxylic acids is 1. The summed E-state index contributed by atoms with van der Waals surface area (Å²) >= 11 is 0. The van der Waals surface area contributed by atoms with E-state index in [0.29, 0.717) is 5.56 Å². The van der Waals surface area contributed by atoms with Crippen LogP contribution in [0.15, 0.2) is 47.4 Å². The number of ether oxygens (including phenoxy) is 1. The van der Waals surface area contributed by atoms with E-state index in [1.165, 1.54) is 23.0 Å². The number of carbonyl (C=O) groups is 1. The van der Waals surface area contributed by atoms with Crippen molar-refractivity contribution in [2.24, 2.45) is 5.92 Å². The number of aromatic nitrogens is 1. The van der Waals surface area contributed by atoms with Gasteiger partial charge in [0.15, 0.2) is 14.6 Å². The molecule has 1 aromatic heterocycles. The smallest absolute Gasteiger partial charge is 0.264 e. The van der Waals surface area contributed by atoms with Gasteiger partial charge in [0.2, 0.25) is 0 Å². The number of amides is 1. The quantitative estimate of drug-likeness (QED) is 0.361. The van der Waals surface area contributed by atoms with Crippen LogP contribution in [0.5, 0.6) is 5.75 Å². The first-order chi connectivity index (χ1) is 15.7. The molecule has 1 fully saturated rings. The first-order valence-electron chi connectivity index (χ1n) is 11.1. The first kappa shape index (κ1) is 25.9. The average Bonchev–Trinajstić information content (AvgIpc) is 2.73. The zero-order chi connectivity index (χ0) is 25.3. The second kappa shape index (κ2) is 9.52. The standard InChI is InChI=1S/C24H32N2O7S/c1-23(2,29)18-14-20(15-18)33-19-7-5-16(6-8-19)17-9-11-26(21(27)13-17)12-10-24(3,22(28)25-30)34(4,31)32/h5-9,11,13,18,20,29-30H,10,12,14-15H2,1-4H3,(H,25,28)/t18?,20?,24-/m1/s1. The van der Waals surface area contributed by atoms with E-state index < -0.39 is 26.1 Å². The van der Waals surface area contributed by atoms with Crippen molar-refractivity contribution in [1.82, 2.24) is 10.0 Å². The Bertz CT molecular complexity index is 1190. The Hall–Kier alpha value is -2.69. The van der Waals surface area contributed by atoms with E-state index in [1.54, 1.807) is 12.3 Å². The Morgan fingerprint density at radius 2 is 1.76 bits per heavy atom. The second-order valence-corrected chi connectivity index (χ2v) is 12.2. The fourth-order valence-electron chi connectivity index (χ4n) is 3.95. The highest BCUT2D eigenvalue weighted by molar-refractivity contribution is 7.92. The molecule has 2 aromatic rings. The summed E-state index contributed by atoms with van der Waals surface area (Å²) in [7, 11) is -3.84. The summed E-state index contributed by atoms with van der Waals surface area (Å²) in [5, 5.41) is 19.0. The SMILES string of the molecule is CC(C)(O)C1CC(Oc2ccc(-c3ccn(CC[C@](C)(C(=O)NO)S(C)(=O)=O)c(=O)c3)cc2)C1. The average molecular weight is 493 g/mol. The van der Waals surface area contributed by atoms with Gasteiger partial charge in [-0.15, -0.1) is 0 Å². The first-order valence-corrected chi connectivity index (χ1v) is 13.0. The number of benzene rings is 1. The molecule has 10 heteroatoms. The van der Waals surface area contributed by atoms with Crippen LogP contribution < -0.4 is 15.8 Å². The Morgan fingerprint density at radius 3 is 2.26 bits per heavy atom. The van der Waals surface area contributed by atoms with Crippen molar-refractivity contribution in [3.63, 3.8) is 0 Å². The Kier molecular flexibility index (Phi) is 7.26. The predicted molar refractivity (Wildman–Crippen MR) is 127 cm³/mol. The third-order valence-corrected chi connectivity index (χ3v) is 8.84. The molecule has 0 unspecified atom stereocenters. The number of nitrogens with zero attached hydrogens (tertiary/aromatic N) is 1. The van der Waals surface area contributed by atoms with Crippen LogP contribution >= 0.6 is 0 Å². The fraction of sp³-hybridized carbons (Fsp3) is 0.500. The summed E-state index contributed by atoms with van der Waals surface area (Å²) in [6.45, 7) is 4.82. The molecule has 9 nitrogen and oxygen atoms in total. The molecule has 1 aromatic carbocycles. The summed E-state index contributed by atoms with van der Waals surface area (Å²) < 4.78 is 29.6. The van der Waals surface area contributed by atoms with Crippen molar-refractivity contribution >= 4 is 15.7 Å². The van der Waals surface area contributed by atoms with Gasteiger partial charge in [0.1, 0.15) is 5.75 Å². The number of sulfone groups is 1. The lowest BCUT2D eigenvalue weighted by atomic mass is 9.72. The van der Waals surface area contributed by atoms with Gasteiger partial charge < -0.3 is 14.4 Å². The van der Waals surface area contributed by atoms with Gasteiger partial charge in [-0.25, -0.2) is 13.9 Å². The van der Waals surface area contributed by atoms with E-state index in [0.717, 1.165) is 30.4 Å². The number of pyridine rings is 1. The number of hydrogen-bond acceptors (Lipinski definition) is 7. The topological polar surface area (TPSA) is 135 Å². The second-order valence-electron chi connectivity index (χ2n) is 9.73. The molecule has 1 amide bonds. The van der Waals surface area contributed by atoms with E-state index in [2.05, 4.69) is 0 Å². The van der Waals surface area contributed by atoms with Crippen LogP contribution in [0.1, 0.15) is 40.0 Å². The number of hydroxylamine groups is 1. The molecule has 1 aliphatic rings. The lowest BCUT2D eigenvalue weighted by Crippen LogP contribution is -2.49. The third kappa shape index (κ3) is 5.51. The molecule has 0 saturated heterocycles. The third-order valence-electron chi connectivity index (χ3n) is 6.81. The largest absolute Gasteiger partial charge is 0.490 e. The fourth-order valence-corrected chi connectivity index (χ4v) is 4.79. The molecule has 0 aliphatic heterocycles. The van der Waals surface area contributed by atoms with Gasteiger partial charge in [-0.3, -0.25) is 14.8 Å². The zero-order valence-corrected chi connectivity index (χ0v) is 20.6. The van der Waals surface area contributed by atoms with Gasteiger partial charge in [-0.1, -0.05) is 12.1 Å². The van der Waals surface area contributed by atoms with Gasteiger partial charge in [-0.2, -0.15) is 0 Å². The van der Waals surface area contributed by atoms with Crippen molar-refractivity contribution in [3.05, 3.63) is 52.9 Å². The summed E-state index contributed by atoms with van der Waals surface area (Å²) in [6, 6.07) is 10.6. The van der Waals surface area contributed by atoms with E-state index in [-0.39, 0.29) is 30.5 Å². The maximum absolute atomic E-state index is 12.6. The Morgan fingerprint density at radius 1 is 1.15 bits per heavy atom. The van der Waals surface area contributed by atoms with Gasteiger partial charge in [0.25, 0.3) is 11.5 Å². The predicted octanol–water partition coefficient (Wildman–Crippen LogP) is 2.14. The van der Waals surface area contributed by atoms with Crippen LogP contribution in [0, 0.1) is 5.92 Å². The van der Waals surface area contributed by atoms with E-state index in [4.69, 9.17) is 9.94 Å². The van der Waals surface area contributed by atoms with E-state index in [9.17, 15) is 23.1 Å². The molecule has 0 bridgehead atoms. The van der Waals surface area contributed by atoms with Crippen molar-refractivity contribution in [1.29, 1.82) is 0 Å². The van der Waals surface area contributed by atoms with Gasteiger partial charge in [-0.05, 0) is 75.3 Å². The lowest BCUT2D eigenvalue weighted by Gasteiger charge is -2.42. The summed E-state index contributed by atoms with van der Waals surface area (Å²) in [6.07, 6.45) is 3.98. The van der Waals surface area contributed by atoms with Crippen LogP contribution in [-0.4, -0.2) is 51.9 Å². The van der Waals surface area contributed by atoms with Crippen molar-refractivity contribution in [2.75, 3.05) is 6.26 Å². The number of nitrogens with one attached hydrogen (secondary N) is 1. The number of aryl methyl sites for hydroxylation is 1. The maximum Gasteiger partial charge on any atom is 0.264 e. The molecule has 0 radical (unpaired) electrons. The molecule has 1 saturated carbocycles. The van der Waals surface area contributed by atoms with Crippen molar-refractivity contribution in [3.8, 4) is 16.9 Å². The number of hydrogen-bond donors (Lipinski definition) is 3. The number of aliphatic hydroxyl groups is 1. The summed E-state index contributed by atoms with van der Waals surface area (Å²) in [5.41, 5.74) is 1.87. The van der Waals surface area contributed by atoms with E-state index >= 15 is 0 Å².